The van der Waals surface area contributed by atoms with Gasteiger partial charge in [0.15, 0.2) is 0 Å². The number of hydrogen-bond acceptors (Lipinski definition) is 5. The monoisotopic (exact) mass is 463 g/mol. The summed E-state index contributed by atoms with van der Waals surface area (Å²) in [6.07, 6.45) is 1.54. The molecule has 0 saturated carbocycles. The third-order valence-corrected chi connectivity index (χ3v) is 6.89. The highest BCUT2D eigenvalue weighted by Gasteiger charge is 2.30. The van der Waals surface area contributed by atoms with Gasteiger partial charge in [-0.3, -0.25) is 4.79 Å². The SMILES string of the molecule is C[Si](C)(C)NC(=NCCCC(N[Si](C)(C)C)C(=O)O[Si](C)(C)C)O[Si](C)(C)C. The predicted molar refractivity (Wildman–Crippen MR) is 132 cm³/mol. The van der Waals surface area contributed by atoms with E-state index in [9.17, 15) is 4.79 Å². The number of carbonyl (C=O) groups is 1. The molecule has 0 amide bonds. The quantitative estimate of drug-likeness (QED) is 0.215. The molecule has 0 aliphatic heterocycles. The van der Waals surface area contributed by atoms with E-state index in [1.54, 1.807) is 0 Å². The maximum absolute atomic E-state index is 12.7. The van der Waals surface area contributed by atoms with Crippen LogP contribution >= 0.6 is 0 Å². The molecule has 0 aromatic carbocycles. The normalized spacial score (nSPS) is 15.2. The van der Waals surface area contributed by atoms with Gasteiger partial charge in [-0.05, 0) is 52.1 Å². The molecule has 1 atom stereocenters. The second-order valence-electron chi connectivity index (χ2n) is 11.4. The third-order valence-electron chi connectivity index (χ3n) is 3.09. The van der Waals surface area contributed by atoms with Gasteiger partial charge in [0.25, 0.3) is 6.02 Å². The Morgan fingerprint density at radius 1 is 0.821 bits per heavy atom. The van der Waals surface area contributed by atoms with Crippen molar-refractivity contribution in [2.24, 2.45) is 4.99 Å². The van der Waals surface area contributed by atoms with Gasteiger partial charge in [-0.2, -0.15) is 0 Å². The highest BCUT2D eigenvalue weighted by molar-refractivity contribution is 6.77. The van der Waals surface area contributed by atoms with Crippen molar-refractivity contribution in [2.75, 3.05) is 6.54 Å². The van der Waals surface area contributed by atoms with Gasteiger partial charge in [0.1, 0.15) is 16.5 Å². The van der Waals surface area contributed by atoms with Crippen molar-refractivity contribution in [3.8, 4) is 0 Å². The van der Waals surface area contributed by atoms with Gasteiger partial charge >= 0.3 is 5.97 Å². The Morgan fingerprint density at radius 2 is 1.32 bits per heavy atom. The van der Waals surface area contributed by atoms with Crippen molar-refractivity contribution < 1.29 is 13.6 Å². The van der Waals surface area contributed by atoms with Crippen LogP contribution in [0.4, 0.5) is 0 Å². The Morgan fingerprint density at radius 3 is 1.71 bits per heavy atom. The molecule has 0 aliphatic carbocycles. The van der Waals surface area contributed by atoms with Gasteiger partial charge < -0.3 is 18.8 Å². The van der Waals surface area contributed by atoms with Crippen LogP contribution in [0.3, 0.4) is 0 Å². The first-order chi connectivity index (χ1) is 12.3. The average molecular weight is 464 g/mol. The van der Waals surface area contributed by atoms with E-state index in [0.717, 1.165) is 12.8 Å². The van der Waals surface area contributed by atoms with E-state index in [0.29, 0.717) is 12.6 Å². The fraction of sp³-hybridized carbons (Fsp3) is 0.889. The van der Waals surface area contributed by atoms with Gasteiger partial charge in [-0.25, -0.2) is 4.99 Å². The summed E-state index contributed by atoms with van der Waals surface area (Å²) in [6.45, 7) is 26.6. The summed E-state index contributed by atoms with van der Waals surface area (Å²) in [7, 11) is -6.77. The number of carbonyl (C=O) groups excluding carboxylic acids is 1. The van der Waals surface area contributed by atoms with Crippen LogP contribution in [0.1, 0.15) is 12.8 Å². The number of aliphatic imine (C=N–C) groups is 1. The smallest absolute Gasteiger partial charge is 0.309 e. The van der Waals surface area contributed by atoms with Crippen molar-refractivity contribution in [1.29, 1.82) is 0 Å². The Labute approximate surface area is 177 Å². The molecule has 28 heavy (non-hydrogen) atoms. The molecule has 0 radical (unpaired) electrons. The van der Waals surface area contributed by atoms with Crippen LogP contribution in [0.5, 0.6) is 0 Å². The number of nitrogens with zero attached hydrogens (tertiary/aromatic N) is 1. The summed E-state index contributed by atoms with van der Waals surface area (Å²) in [5.41, 5.74) is 0. The Balaban J connectivity index is 5.02. The van der Waals surface area contributed by atoms with Gasteiger partial charge in [-0.15, -0.1) is 0 Å². The first kappa shape index (κ1) is 27.6. The fourth-order valence-corrected chi connectivity index (χ4v) is 5.95. The average Bonchev–Trinajstić information content (AvgIpc) is 2.34. The van der Waals surface area contributed by atoms with E-state index in [1.807, 2.05) is 19.6 Å². The van der Waals surface area contributed by atoms with E-state index in [4.69, 9.17) is 8.85 Å². The Kier molecular flexibility index (Phi) is 10.4. The lowest BCUT2D eigenvalue weighted by molar-refractivity contribution is -0.137. The lowest BCUT2D eigenvalue weighted by Gasteiger charge is -2.29. The second kappa shape index (κ2) is 10.6. The molecule has 0 aromatic heterocycles. The zero-order chi connectivity index (χ0) is 22.4. The number of amidine groups is 1. The standard InChI is InChI=1S/C18H45N3O3Si4/c1-25(2,3)20-16(17(22)23-27(7,8)9)14-13-15-19-18(21-26(4,5)6)24-28(10,11)12/h16,20H,13-15H2,1-12H3,(H,19,21). The lowest BCUT2D eigenvalue weighted by atomic mass is 10.2. The Hall–Kier alpha value is -0.432. The summed E-state index contributed by atoms with van der Waals surface area (Å²) < 4.78 is 11.9. The minimum atomic E-state index is -1.90. The summed E-state index contributed by atoms with van der Waals surface area (Å²) in [6, 6.07) is 0.428. The summed E-state index contributed by atoms with van der Waals surface area (Å²) in [5, 5.41) is 0. The molecule has 2 N–H and O–H groups in total. The van der Waals surface area contributed by atoms with Gasteiger partial charge in [-0.1, -0.05) is 39.3 Å². The molecular formula is C18H45N3O3Si4. The van der Waals surface area contributed by atoms with Crippen molar-refractivity contribution in [1.82, 2.24) is 9.96 Å². The minimum Gasteiger partial charge on any atom is -0.520 e. The molecular weight excluding hydrogens is 419 g/mol. The maximum Gasteiger partial charge on any atom is 0.309 e. The summed E-state index contributed by atoms with van der Waals surface area (Å²) in [4.78, 5) is 24.4. The largest absolute Gasteiger partial charge is 0.520 e. The Bertz CT molecular complexity index is 512. The molecule has 10 heteroatoms. The van der Waals surface area contributed by atoms with E-state index >= 15 is 0 Å². The maximum atomic E-state index is 12.7. The predicted octanol–water partition coefficient (Wildman–Crippen LogP) is 4.57. The molecule has 6 nitrogen and oxygen atoms in total. The molecule has 0 aliphatic rings. The van der Waals surface area contributed by atoms with Gasteiger partial charge in [0.2, 0.25) is 16.6 Å². The molecule has 0 spiro atoms. The van der Waals surface area contributed by atoms with Gasteiger partial charge in [0.05, 0.1) is 6.04 Å². The van der Waals surface area contributed by atoms with Crippen LogP contribution in [-0.2, 0) is 13.6 Å². The van der Waals surface area contributed by atoms with Gasteiger partial charge in [0, 0.05) is 6.54 Å². The first-order valence-electron chi connectivity index (χ1n) is 10.3. The molecule has 1 unspecified atom stereocenters. The number of nitrogens with one attached hydrogen (secondary N) is 2. The topological polar surface area (TPSA) is 72.0 Å². The van der Waals surface area contributed by atoms with Crippen LogP contribution in [0, 0.1) is 0 Å². The van der Waals surface area contributed by atoms with Crippen molar-refractivity contribution >= 4 is 45.1 Å². The van der Waals surface area contributed by atoms with Crippen LogP contribution in [0.25, 0.3) is 0 Å². The van der Waals surface area contributed by atoms with Crippen molar-refractivity contribution in [2.45, 2.75) is 97.4 Å². The number of rotatable bonds is 10. The van der Waals surface area contributed by atoms with E-state index in [2.05, 4.69) is 73.9 Å². The van der Waals surface area contributed by atoms with Crippen LogP contribution in [-0.4, -0.2) is 57.7 Å². The highest BCUT2D eigenvalue weighted by atomic mass is 28.4. The lowest BCUT2D eigenvalue weighted by Crippen LogP contribution is -2.53. The number of hydrogen-bond donors (Lipinski definition) is 2. The first-order valence-corrected chi connectivity index (χ1v) is 24.1. The molecule has 0 aromatic rings. The van der Waals surface area contributed by atoms with E-state index in [1.165, 1.54) is 0 Å². The van der Waals surface area contributed by atoms with Crippen LogP contribution in [0.2, 0.25) is 78.6 Å². The van der Waals surface area contributed by atoms with Crippen molar-refractivity contribution in [3.05, 3.63) is 0 Å². The highest BCUT2D eigenvalue weighted by Crippen LogP contribution is 2.11. The summed E-state index contributed by atoms with van der Waals surface area (Å²) >= 11 is 0. The summed E-state index contributed by atoms with van der Waals surface area (Å²) in [5.74, 6) is -0.107. The molecule has 0 fully saturated rings. The molecule has 0 saturated heterocycles. The second-order valence-corrected chi connectivity index (χ2v) is 29.8. The van der Waals surface area contributed by atoms with E-state index < -0.39 is 33.1 Å². The fourth-order valence-electron chi connectivity index (χ4n) is 2.33. The van der Waals surface area contributed by atoms with Crippen LogP contribution in [0.15, 0.2) is 4.99 Å². The zero-order valence-electron chi connectivity index (χ0n) is 20.4. The van der Waals surface area contributed by atoms with E-state index in [-0.39, 0.29) is 12.0 Å². The third kappa shape index (κ3) is 16.5. The molecule has 0 rings (SSSR count). The van der Waals surface area contributed by atoms with Crippen LogP contribution < -0.4 is 9.96 Å². The molecule has 0 heterocycles. The minimum absolute atomic E-state index is 0.107. The molecule has 0 bridgehead atoms. The zero-order valence-corrected chi connectivity index (χ0v) is 24.4. The molecule has 166 valence electrons. The van der Waals surface area contributed by atoms with Crippen molar-refractivity contribution in [3.63, 3.8) is 0 Å².